The van der Waals surface area contributed by atoms with Crippen molar-refractivity contribution in [1.82, 2.24) is 0 Å². The third kappa shape index (κ3) is 4.61. The van der Waals surface area contributed by atoms with Crippen molar-refractivity contribution in [1.29, 1.82) is 0 Å². The summed E-state index contributed by atoms with van der Waals surface area (Å²) in [7, 11) is -4.59. The Morgan fingerprint density at radius 1 is 1.25 bits per heavy atom. The average Bonchev–Trinajstić information content (AvgIpc) is 2.55. The number of aryl methyl sites for hydroxylation is 1. The maximum Gasteiger partial charge on any atom is 0.335 e. The quantitative estimate of drug-likeness (QED) is 0.478. The maximum absolute atomic E-state index is 11.9. The highest BCUT2D eigenvalue weighted by molar-refractivity contribution is 7.89. The number of carbonyl (C=O) groups is 2. The van der Waals surface area contributed by atoms with Gasteiger partial charge in [0.25, 0.3) is 0 Å². The molecule has 2 aromatic carbocycles. The number of amides is 1. The standard InChI is InChI=1S/C16H15N3O8S/c1-8-3-4-11(18-9(2)20)13(5-8)27-15-12(19(23)24)6-10(16(21)22)7-14(15)28(17,25)26/h3-7H,1-2H3,(H,18,20)(H,21,22)(H2,17,25,26). The van der Waals surface area contributed by atoms with Gasteiger partial charge in [-0.2, -0.15) is 0 Å². The van der Waals surface area contributed by atoms with Gasteiger partial charge in [0.1, 0.15) is 4.90 Å². The van der Waals surface area contributed by atoms with Crippen LogP contribution in [0.2, 0.25) is 0 Å². The molecular weight excluding hydrogens is 394 g/mol. The third-order valence-electron chi connectivity index (χ3n) is 3.45. The molecular formula is C16H15N3O8S. The number of nitro groups is 1. The Morgan fingerprint density at radius 3 is 2.39 bits per heavy atom. The lowest BCUT2D eigenvalue weighted by atomic mass is 10.1. The van der Waals surface area contributed by atoms with E-state index in [0.29, 0.717) is 17.7 Å². The van der Waals surface area contributed by atoms with Crippen molar-refractivity contribution in [2.24, 2.45) is 5.14 Å². The van der Waals surface area contributed by atoms with Gasteiger partial charge in [0.05, 0.1) is 16.2 Å². The number of aromatic carboxylic acids is 1. The van der Waals surface area contributed by atoms with Gasteiger partial charge in [0.15, 0.2) is 5.75 Å². The van der Waals surface area contributed by atoms with Gasteiger partial charge in [-0.15, -0.1) is 0 Å². The number of nitrogens with two attached hydrogens (primary N) is 1. The zero-order valence-corrected chi connectivity index (χ0v) is 15.4. The average molecular weight is 409 g/mol. The van der Waals surface area contributed by atoms with Crippen molar-refractivity contribution < 1.29 is 32.8 Å². The number of carboxylic acid groups (broad SMARTS) is 1. The van der Waals surface area contributed by atoms with Crippen LogP contribution in [0.1, 0.15) is 22.8 Å². The molecule has 2 aromatic rings. The second-order valence-electron chi connectivity index (χ2n) is 5.71. The van der Waals surface area contributed by atoms with Gasteiger partial charge in [0.2, 0.25) is 21.7 Å². The van der Waals surface area contributed by atoms with Crippen LogP contribution >= 0.6 is 0 Å². The summed E-state index contributed by atoms with van der Waals surface area (Å²) in [5.74, 6) is -2.91. The van der Waals surface area contributed by atoms with Crippen molar-refractivity contribution in [3.8, 4) is 11.5 Å². The van der Waals surface area contributed by atoms with Crippen LogP contribution in [-0.4, -0.2) is 30.3 Å². The fourth-order valence-corrected chi connectivity index (χ4v) is 2.97. The van der Waals surface area contributed by atoms with E-state index < -0.39 is 48.7 Å². The number of ether oxygens (including phenoxy) is 1. The molecule has 0 unspecified atom stereocenters. The zero-order chi connectivity index (χ0) is 21.2. The number of nitrogens with one attached hydrogen (secondary N) is 1. The van der Waals surface area contributed by atoms with Gasteiger partial charge < -0.3 is 15.2 Å². The molecule has 0 spiro atoms. The van der Waals surface area contributed by atoms with Gasteiger partial charge in [-0.25, -0.2) is 18.4 Å². The smallest absolute Gasteiger partial charge is 0.335 e. The lowest BCUT2D eigenvalue weighted by Crippen LogP contribution is -2.16. The molecule has 0 atom stereocenters. The highest BCUT2D eigenvalue weighted by Crippen LogP contribution is 2.40. The van der Waals surface area contributed by atoms with Crippen LogP contribution in [0.4, 0.5) is 11.4 Å². The molecule has 1 amide bonds. The van der Waals surface area contributed by atoms with Gasteiger partial charge in [-0.3, -0.25) is 14.9 Å². The third-order valence-corrected chi connectivity index (χ3v) is 4.36. The lowest BCUT2D eigenvalue weighted by Gasteiger charge is -2.15. The number of nitro benzene ring substituents is 1. The number of carboxylic acids is 1. The number of hydrogen-bond acceptors (Lipinski definition) is 7. The number of carbonyl (C=O) groups excluding carboxylic acids is 1. The first kappa shape index (κ1) is 20.8. The predicted octanol–water partition coefficient (Wildman–Crippen LogP) is 2.00. The Bertz CT molecular complexity index is 1100. The molecule has 0 saturated carbocycles. The zero-order valence-electron chi connectivity index (χ0n) is 14.6. The van der Waals surface area contributed by atoms with E-state index in [1.807, 2.05) is 0 Å². The number of benzene rings is 2. The van der Waals surface area contributed by atoms with Crippen molar-refractivity contribution >= 4 is 33.3 Å². The molecule has 0 aliphatic rings. The molecule has 2 rings (SSSR count). The van der Waals surface area contributed by atoms with E-state index in [0.717, 1.165) is 0 Å². The molecule has 12 heteroatoms. The van der Waals surface area contributed by atoms with Crippen molar-refractivity contribution in [2.75, 3.05) is 5.32 Å². The summed E-state index contributed by atoms with van der Waals surface area (Å²) in [5, 5.41) is 28.1. The number of anilines is 1. The highest BCUT2D eigenvalue weighted by atomic mass is 32.2. The summed E-state index contributed by atoms with van der Waals surface area (Å²) >= 11 is 0. The fourth-order valence-electron chi connectivity index (χ4n) is 2.28. The lowest BCUT2D eigenvalue weighted by molar-refractivity contribution is -0.385. The van der Waals surface area contributed by atoms with Crippen molar-refractivity contribution in [3.05, 3.63) is 51.6 Å². The molecule has 148 valence electrons. The largest absolute Gasteiger partial charge is 0.478 e. The summed E-state index contributed by atoms with van der Waals surface area (Å²) in [6.07, 6.45) is 0. The highest BCUT2D eigenvalue weighted by Gasteiger charge is 2.30. The van der Waals surface area contributed by atoms with Crippen LogP contribution in [0, 0.1) is 17.0 Å². The predicted molar refractivity (Wildman–Crippen MR) is 97.0 cm³/mol. The van der Waals surface area contributed by atoms with E-state index in [4.69, 9.17) is 15.0 Å². The van der Waals surface area contributed by atoms with Crippen molar-refractivity contribution in [3.63, 3.8) is 0 Å². The van der Waals surface area contributed by atoms with Gasteiger partial charge in [0, 0.05) is 13.0 Å². The number of rotatable bonds is 6. The summed E-state index contributed by atoms with van der Waals surface area (Å²) in [6.45, 7) is 2.90. The first-order chi connectivity index (χ1) is 12.9. The molecule has 0 saturated heterocycles. The topological polar surface area (TPSA) is 179 Å². The van der Waals surface area contributed by atoms with Crippen LogP contribution in [0.25, 0.3) is 0 Å². The first-order valence-corrected chi connectivity index (χ1v) is 9.09. The summed E-state index contributed by atoms with van der Waals surface area (Å²) < 4.78 is 29.3. The number of sulfonamides is 1. The molecule has 0 heterocycles. The van der Waals surface area contributed by atoms with Crippen LogP contribution < -0.4 is 15.2 Å². The Morgan fingerprint density at radius 2 is 1.89 bits per heavy atom. The number of nitrogens with zero attached hydrogens (tertiary/aromatic N) is 1. The van der Waals surface area contributed by atoms with Gasteiger partial charge in [-0.05, 0) is 30.7 Å². The summed E-state index contributed by atoms with van der Waals surface area (Å²) in [5.41, 5.74) is -0.810. The molecule has 0 aliphatic heterocycles. The van der Waals surface area contributed by atoms with Gasteiger partial charge in [-0.1, -0.05) is 6.07 Å². The molecule has 0 aromatic heterocycles. The molecule has 0 fully saturated rings. The SMILES string of the molecule is CC(=O)Nc1ccc(C)cc1Oc1c([N+](=O)[O-])cc(C(=O)O)cc1S(N)(=O)=O. The Balaban J connectivity index is 2.79. The van der Waals surface area contributed by atoms with Gasteiger partial charge >= 0.3 is 11.7 Å². The summed E-state index contributed by atoms with van der Waals surface area (Å²) in [6, 6.07) is 5.81. The second-order valence-corrected chi connectivity index (χ2v) is 7.24. The molecule has 0 radical (unpaired) electrons. The minimum absolute atomic E-state index is 0.0914. The van der Waals surface area contributed by atoms with E-state index >= 15 is 0 Å². The van der Waals surface area contributed by atoms with E-state index in [1.165, 1.54) is 19.1 Å². The van der Waals surface area contributed by atoms with E-state index in [9.17, 15) is 28.1 Å². The fraction of sp³-hybridized carbons (Fsp3) is 0.125. The first-order valence-electron chi connectivity index (χ1n) is 7.54. The number of primary sulfonamides is 1. The molecule has 4 N–H and O–H groups in total. The molecule has 11 nitrogen and oxygen atoms in total. The van der Waals surface area contributed by atoms with Crippen LogP contribution in [0.15, 0.2) is 35.2 Å². The molecule has 0 bridgehead atoms. The van der Waals surface area contributed by atoms with Crippen LogP contribution in [-0.2, 0) is 14.8 Å². The van der Waals surface area contributed by atoms with Crippen LogP contribution in [0.3, 0.4) is 0 Å². The minimum Gasteiger partial charge on any atom is -0.478 e. The monoisotopic (exact) mass is 409 g/mol. The van der Waals surface area contributed by atoms with Crippen molar-refractivity contribution in [2.45, 2.75) is 18.7 Å². The van der Waals surface area contributed by atoms with E-state index in [-0.39, 0.29) is 11.4 Å². The Hall–Kier alpha value is -3.51. The maximum atomic E-state index is 11.9. The van der Waals surface area contributed by atoms with Crippen LogP contribution in [0.5, 0.6) is 11.5 Å². The van der Waals surface area contributed by atoms with E-state index in [2.05, 4.69) is 5.32 Å². The second kappa shape index (κ2) is 7.62. The molecule has 0 aliphatic carbocycles. The Kier molecular flexibility index (Phi) is 5.66. The molecule has 28 heavy (non-hydrogen) atoms. The minimum atomic E-state index is -4.59. The normalized spacial score (nSPS) is 11.0. The Labute approximate surface area is 158 Å². The summed E-state index contributed by atoms with van der Waals surface area (Å²) in [4.78, 5) is 32.1. The van der Waals surface area contributed by atoms with E-state index in [1.54, 1.807) is 13.0 Å². The number of hydrogen-bond donors (Lipinski definition) is 3.